The first-order valence-electron chi connectivity index (χ1n) is 12.3. The lowest BCUT2D eigenvalue weighted by molar-refractivity contribution is 0.0604. The van der Waals surface area contributed by atoms with E-state index in [0.29, 0.717) is 25.2 Å². The Bertz CT molecular complexity index is 1200. The van der Waals surface area contributed by atoms with Gasteiger partial charge >= 0.3 is 0 Å². The molecular weight excluding hydrogens is 432 g/mol. The number of hydrogen-bond donors (Lipinski definition) is 1. The highest BCUT2D eigenvalue weighted by Gasteiger charge is 2.32. The number of carbonyl (C=O) groups excluding carboxylic acids is 1. The second-order valence-electron chi connectivity index (χ2n) is 9.16. The zero-order chi connectivity index (χ0) is 24.6. The largest absolute Gasteiger partial charge is 0.330 e. The molecule has 5 nitrogen and oxygen atoms in total. The zero-order valence-electron chi connectivity index (χ0n) is 20.5. The summed E-state index contributed by atoms with van der Waals surface area (Å²) >= 11 is 0. The predicted octanol–water partition coefficient (Wildman–Crippen LogP) is 5.79. The van der Waals surface area contributed by atoms with E-state index in [9.17, 15) is 4.79 Å². The molecule has 1 atom stereocenters. The van der Waals surface area contributed by atoms with Gasteiger partial charge in [0.05, 0.1) is 11.7 Å². The number of carbonyl (C=O) groups is 1. The molecule has 1 unspecified atom stereocenters. The Balaban J connectivity index is 1.81. The molecule has 4 aromatic rings. The van der Waals surface area contributed by atoms with Crippen LogP contribution in [0.1, 0.15) is 48.1 Å². The van der Waals surface area contributed by atoms with Crippen molar-refractivity contribution >= 4 is 5.91 Å². The van der Waals surface area contributed by atoms with Crippen LogP contribution in [-0.2, 0) is 6.54 Å². The SMILES string of the molecule is CC(C)C(c1nc(-c2ccccc2)cn1Cc1ccccc1)N(CCCN)C(=O)c1ccccc1. The van der Waals surface area contributed by atoms with Gasteiger partial charge in [0.2, 0.25) is 0 Å². The normalized spacial score (nSPS) is 12.0. The summed E-state index contributed by atoms with van der Waals surface area (Å²) in [6, 6.07) is 29.9. The van der Waals surface area contributed by atoms with Crippen molar-refractivity contribution in [1.29, 1.82) is 0 Å². The second-order valence-corrected chi connectivity index (χ2v) is 9.16. The first-order chi connectivity index (χ1) is 17.1. The molecule has 5 heteroatoms. The van der Waals surface area contributed by atoms with Crippen molar-refractivity contribution in [1.82, 2.24) is 14.5 Å². The van der Waals surface area contributed by atoms with Crippen molar-refractivity contribution < 1.29 is 4.79 Å². The van der Waals surface area contributed by atoms with Crippen LogP contribution in [-0.4, -0.2) is 33.4 Å². The van der Waals surface area contributed by atoms with Gasteiger partial charge in [-0.3, -0.25) is 4.79 Å². The molecule has 0 saturated carbocycles. The zero-order valence-corrected chi connectivity index (χ0v) is 20.5. The van der Waals surface area contributed by atoms with Gasteiger partial charge in [0.15, 0.2) is 0 Å². The van der Waals surface area contributed by atoms with Crippen molar-refractivity contribution in [2.75, 3.05) is 13.1 Å². The van der Waals surface area contributed by atoms with E-state index in [4.69, 9.17) is 10.7 Å². The van der Waals surface area contributed by atoms with Gasteiger partial charge in [-0.25, -0.2) is 4.98 Å². The Morgan fingerprint density at radius 2 is 1.51 bits per heavy atom. The summed E-state index contributed by atoms with van der Waals surface area (Å²) in [5.74, 6) is 1.05. The molecule has 4 rings (SSSR count). The molecular formula is C30H34N4O. The molecule has 0 spiro atoms. The molecule has 1 amide bonds. The lowest BCUT2D eigenvalue weighted by atomic mass is 9.99. The summed E-state index contributed by atoms with van der Waals surface area (Å²) in [6.07, 6.45) is 2.84. The molecule has 0 aliphatic carbocycles. The third-order valence-electron chi connectivity index (χ3n) is 6.19. The second kappa shape index (κ2) is 11.6. The summed E-state index contributed by atoms with van der Waals surface area (Å²) in [4.78, 5) is 20.9. The maximum absolute atomic E-state index is 13.8. The summed E-state index contributed by atoms with van der Waals surface area (Å²) in [5.41, 5.74) is 9.73. The minimum atomic E-state index is -0.199. The van der Waals surface area contributed by atoms with Gasteiger partial charge in [-0.2, -0.15) is 0 Å². The van der Waals surface area contributed by atoms with E-state index in [-0.39, 0.29) is 17.9 Å². The fraction of sp³-hybridized carbons (Fsp3) is 0.267. The molecule has 35 heavy (non-hydrogen) atoms. The number of nitrogens with two attached hydrogens (primary N) is 1. The van der Waals surface area contributed by atoms with Crippen LogP contribution in [0.2, 0.25) is 0 Å². The van der Waals surface area contributed by atoms with E-state index in [1.165, 1.54) is 5.56 Å². The minimum absolute atomic E-state index is 0.00766. The molecule has 1 heterocycles. The Kier molecular flexibility index (Phi) is 8.11. The average Bonchev–Trinajstić information content (AvgIpc) is 3.30. The standard InChI is InChI=1S/C30H34N4O/c1-23(2)28(34(20-12-19-31)30(35)26-17-10-5-11-18-26)29-32-27(25-15-8-4-9-16-25)22-33(29)21-24-13-6-3-7-14-24/h3-11,13-18,22-23,28H,12,19-21,31H2,1-2H3. The Hall–Kier alpha value is -3.70. The van der Waals surface area contributed by atoms with Crippen LogP contribution >= 0.6 is 0 Å². The number of hydrogen-bond acceptors (Lipinski definition) is 3. The Morgan fingerprint density at radius 1 is 0.914 bits per heavy atom. The average molecular weight is 467 g/mol. The van der Waals surface area contributed by atoms with Crippen molar-refractivity contribution in [3.05, 3.63) is 114 Å². The first kappa shape index (κ1) is 24.4. The number of rotatable bonds is 10. The summed E-state index contributed by atoms with van der Waals surface area (Å²) < 4.78 is 2.20. The Labute approximate surface area is 208 Å². The van der Waals surface area contributed by atoms with E-state index in [0.717, 1.165) is 23.5 Å². The number of aromatic nitrogens is 2. The van der Waals surface area contributed by atoms with Crippen LogP contribution < -0.4 is 5.73 Å². The van der Waals surface area contributed by atoms with E-state index < -0.39 is 0 Å². The van der Waals surface area contributed by atoms with Crippen LogP contribution in [0.25, 0.3) is 11.3 Å². The number of amides is 1. The van der Waals surface area contributed by atoms with Crippen LogP contribution in [0.4, 0.5) is 0 Å². The van der Waals surface area contributed by atoms with E-state index in [2.05, 4.69) is 61.0 Å². The number of benzene rings is 3. The summed E-state index contributed by atoms with van der Waals surface area (Å²) in [6.45, 7) is 6.09. The number of nitrogens with zero attached hydrogens (tertiary/aromatic N) is 3. The van der Waals surface area contributed by atoms with Gasteiger partial charge in [-0.15, -0.1) is 0 Å². The van der Waals surface area contributed by atoms with Gasteiger partial charge in [0, 0.05) is 30.4 Å². The van der Waals surface area contributed by atoms with E-state index in [1.807, 2.05) is 59.5 Å². The minimum Gasteiger partial charge on any atom is -0.330 e. The molecule has 3 aromatic carbocycles. The molecule has 180 valence electrons. The smallest absolute Gasteiger partial charge is 0.254 e. The molecule has 0 saturated heterocycles. The lowest BCUT2D eigenvalue weighted by Crippen LogP contribution is -2.40. The van der Waals surface area contributed by atoms with Crippen molar-refractivity contribution in [3.63, 3.8) is 0 Å². The Morgan fingerprint density at radius 3 is 2.11 bits per heavy atom. The van der Waals surface area contributed by atoms with Gasteiger partial charge in [0.1, 0.15) is 5.82 Å². The molecule has 0 aliphatic rings. The van der Waals surface area contributed by atoms with Crippen LogP contribution in [0, 0.1) is 5.92 Å². The fourth-order valence-electron chi connectivity index (χ4n) is 4.49. The van der Waals surface area contributed by atoms with Crippen LogP contribution in [0.5, 0.6) is 0 Å². The first-order valence-corrected chi connectivity index (χ1v) is 12.3. The third kappa shape index (κ3) is 5.87. The highest BCUT2D eigenvalue weighted by Crippen LogP contribution is 2.32. The highest BCUT2D eigenvalue weighted by atomic mass is 16.2. The maximum atomic E-state index is 13.8. The molecule has 2 N–H and O–H groups in total. The summed E-state index contributed by atoms with van der Waals surface area (Å²) in [5, 5.41) is 0. The van der Waals surface area contributed by atoms with Gasteiger partial charge in [-0.05, 0) is 36.6 Å². The van der Waals surface area contributed by atoms with Crippen LogP contribution in [0.15, 0.2) is 97.2 Å². The summed E-state index contributed by atoms with van der Waals surface area (Å²) in [7, 11) is 0. The van der Waals surface area contributed by atoms with E-state index in [1.54, 1.807) is 0 Å². The van der Waals surface area contributed by atoms with Crippen molar-refractivity contribution in [2.45, 2.75) is 32.9 Å². The van der Waals surface area contributed by atoms with Crippen LogP contribution in [0.3, 0.4) is 0 Å². The third-order valence-corrected chi connectivity index (χ3v) is 6.19. The van der Waals surface area contributed by atoms with Crippen molar-refractivity contribution in [3.8, 4) is 11.3 Å². The topological polar surface area (TPSA) is 64.2 Å². The lowest BCUT2D eigenvalue weighted by Gasteiger charge is -2.34. The molecule has 0 bridgehead atoms. The fourth-order valence-corrected chi connectivity index (χ4v) is 4.49. The van der Waals surface area contributed by atoms with Gasteiger partial charge in [-0.1, -0.05) is 92.7 Å². The number of imidazole rings is 1. The maximum Gasteiger partial charge on any atom is 0.254 e. The predicted molar refractivity (Wildman–Crippen MR) is 142 cm³/mol. The van der Waals surface area contributed by atoms with Gasteiger partial charge in [0.25, 0.3) is 5.91 Å². The highest BCUT2D eigenvalue weighted by molar-refractivity contribution is 5.94. The molecule has 0 aliphatic heterocycles. The monoisotopic (exact) mass is 466 g/mol. The molecule has 0 radical (unpaired) electrons. The quantitative estimate of drug-likeness (QED) is 0.322. The molecule has 0 fully saturated rings. The van der Waals surface area contributed by atoms with Gasteiger partial charge < -0.3 is 15.2 Å². The van der Waals surface area contributed by atoms with E-state index >= 15 is 0 Å². The molecule has 1 aromatic heterocycles. The van der Waals surface area contributed by atoms with Crippen molar-refractivity contribution in [2.24, 2.45) is 11.7 Å².